The van der Waals surface area contributed by atoms with Gasteiger partial charge < -0.3 is 5.32 Å². The van der Waals surface area contributed by atoms with Crippen LogP contribution in [0.5, 0.6) is 0 Å². The first-order valence-electron chi connectivity index (χ1n) is 8.49. The van der Waals surface area contributed by atoms with Gasteiger partial charge in [0.2, 0.25) is 0 Å². The molecular formula is C18H12F4N4O3S. The van der Waals surface area contributed by atoms with Gasteiger partial charge in [-0.2, -0.15) is 13.2 Å². The predicted molar refractivity (Wildman–Crippen MR) is 95.0 cm³/mol. The number of rotatable bonds is 3. The molecule has 0 saturated heterocycles. The van der Waals surface area contributed by atoms with E-state index in [2.05, 4.69) is 15.6 Å². The number of fused-ring (bicyclic) bond motifs is 1. The molecule has 0 spiro atoms. The largest absolute Gasteiger partial charge is 0.435 e. The summed E-state index contributed by atoms with van der Waals surface area (Å²) in [5, 5.41) is 8.98. The molecule has 2 aromatic carbocycles. The minimum absolute atomic E-state index is 0.00904. The third-order valence-electron chi connectivity index (χ3n) is 4.53. The van der Waals surface area contributed by atoms with E-state index in [-0.39, 0.29) is 16.1 Å². The topological polar surface area (TPSA) is 93.9 Å². The summed E-state index contributed by atoms with van der Waals surface area (Å²) in [5.74, 6) is -2.53. The fraction of sp³-hybridized carbons (Fsp3) is 0.167. The molecule has 0 fully saturated rings. The molecule has 1 aromatic heterocycles. The van der Waals surface area contributed by atoms with E-state index in [4.69, 9.17) is 0 Å². The van der Waals surface area contributed by atoms with E-state index in [0.29, 0.717) is 4.68 Å². The highest BCUT2D eigenvalue weighted by Gasteiger charge is 2.43. The quantitative estimate of drug-likeness (QED) is 0.632. The molecule has 1 aliphatic heterocycles. The zero-order chi connectivity index (χ0) is 21.7. The van der Waals surface area contributed by atoms with Gasteiger partial charge in [0.15, 0.2) is 21.2 Å². The SMILES string of the molecule is O=C(N[C@H]1CS(=O)(=O)c2ccccc21)c1nnn(-c2cccc(F)c2)c1C(F)(F)F. The molecule has 0 aliphatic carbocycles. The van der Waals surface area contributed by atoms with E-state index in [1.807, 2.05) is 0 Å². The molecule has 2 heterocycles. The fourth-order valence-electron chi connectivity index (χ4n) is 3.27. The second-order valence-electron chi connectivity index (χ2n) is 6.52. The first-order valence-corrected chi connectivity index (χ1v) is 10.1. The molecule has 1 atom stereocenters. The van der Waals surface area contributed by atoms with E-state index in [0.717, 1.165) is 12.1 Å². The van der Waals surface area contributed by atoms with Crippen LogP contribution in [0, 0.1) is 5.82 Å². The Hall–Kier alpha value is -3.28. The number of hydrogen-bond donors (Lipinski definition) is 1. The smallest absolute Gasteiger partial charge is 0.343 e. The summed E-state index contributed by atoms with van der Waals surface area (Å²) < 4.78 is 79.3. The summed E-state index contributed by atoms with van der Waals surface area (Å²) in [5.41, 5.74) is -2.55. The van der Waals surface area contributed by atoms with Gasteiger partial charge in [-0.1, -0.05) is 29.5 Å². The summed E-state index contributed by atoms with van der Waals surface area (Å²) in [6.07, 6.45) is -5.04. The van der Waals surface area contributed by atoms with Crippen LogP contribution in [0.3, 0.4) is 0 Å². The van der Waals surface area contributed by atoms with Gasteiger partial charge in [-0.05, 0) is 29.8 Å². The maximum atomic E-state index is 13.7. The number of nitrogens with one attached hydrogen (secondary N) is 1. The van der Waals surface area contributed by atoms with Gasteiger partial charge in [-0.25, -0.2) is 17.5 Å². The fourth-order valence-corrected chi connectivity index (χ4v) is 5.01. The Bertz CT molecular complexity index is 1250. The number of alkyl halides is 3. The molecular weight excluding hydrogens is 428 g/mol. The first-order chi connectivity index (χ1) is 14.1. The lowest BCUT2D eigenvalue weighted by Crippen LogP contribution is -2.31. The summed E-state index contributed by atoms with van der Waals surface area (Å²) in [6.45, 7) is 0. The van der Waals surface area contributed by atoms with Crippen LogP contribution in [0.1, 0.15) is 27.8 Å². The van der Waals surface area contributed by atoms with Crippen molar-refractivity contribution in [3.63, 3.8) is 0 Å². The Morgan fingerprint density at radius 2 is 1.87 bits per heavy atom. The molecule has 4 rings (SSSR count). The van der Waals surface area contributed by atoms with Crippen molar-refractivity contribution in [2.75, 3.05) is 5.75 Å². The average molecular weight is 440 g/mol. The Morgan fingerprint density at radius 1 is 1.13 bits per heavy atom. The van der Waals surface area contributed by atoms with Gasteiger partial charge in [-0.15, -0.1) is 5.10 Å². The molecule has 30 heavy (non-hydrogen) atoms. The molecule has 1 aliphatic rings. The van der Waals surface area contributed by atoms with Gasteiger partial charge in [0, 0.05) is 0 Å². The van der Waals surface area contributed by atoms with Gasteiger partial charge in [0.05, 0.1) is 22.4 Å². The molecule has 0 radical (unpaired) electrons. The van der Waals surface area contributed by atoms with Crippen LogP contribution in [-0.4, -0.2) is 35.1 Å². The normalized spacial score (nSPS) is 17.5. The lowest BCUT2D eigenvalue weighted by molar-refractivity contribution is -0.143. The van der Waals surface area contributed by atoms with Crippen molar-refractivity contribution < 1.29 is 30.8 Å². The number of benzene rings is 2. The standard InChI is InChI=1S/C18H12F4N4O3S/c19-10-4-3-5-11(8-10)26-16(18(20,21)22)15(24-25-26)17(27)23-13-9-30(28,29)14-7-2-1-6-12(13)14/h1-8,13H,9H2,(H,23,27)/t13-/m0/s1. The second kappa shape index (κ2) is 6.90. The number of carbonyl (C=O) groups excluding carboxylic acids is 1. The van der Waals surface area contributed by atoms with Gasteiger partial charge in [-0.3, -0.25) is 4.79 Å². The van der Waals surface area contributed by atoms with Gasteiger partial charge in [0.25, 0.3) is 5.91 Å². The maximum absolute atomic E-state index is 13.7. The van der Waals surface area contributed by atoms with Crippen molar-refractivity contribution in [3.8, 4) is 5.69 Å². The van der Waals surface area contributed by atoms with Crippen LogP contribution < -0.4 is 5.32 Å². The summed E-state index contributed by atoms with van der Waals surface area (Å²) in [7, 11) is -3.68. The lowest BCUT2D eigenvalue weighted by atomic mass is 10.1. The molecule has 1 N–H and O–H groups in total. The Morgan fingerprint density at radius 3 is 2.57 bits per heavy atom. The van der Waals surface area contributed by atoms with Crippen LogP contribution in [0.4, 0.5) is 17.6 Å². The van der Waals surface area contributed by atoms with Crippen LogP contribution in [0.15, 0.2) is 53.4 Å². The molecule has 0 unspecified atom stereocenters. The number of carbonyl (C=O) groups is 1. The minimum Gasteiger partial charge on any atom is -0.343 e. The van der Waals surface area contributed by atoms with E-state index in [9.17, 15) is 30.8 Å². The maximum Gasteiger partial charge on any atom is 0.435 e. The average Bonchev–Trinajstić information content (AvgIpc) is 3.22. The van der Waals surface area contributed by atoms with Crippen molar-refractivity contribution in [1.82, 2.24) is 20.3 Å². The van der Waals surface area contributed by atoms with E-state index in [1.54, 1.807) is 6.07 Å². The third-order valence-corrected chi connectivity index (χ3v) is 6.34. The number of nitrogens with zero attached hydrogens (tertiary/aromatic N) is 3. The molecule has 12 heteroatoms. The number of sulfone groups is 1. The van der Waals surface area contributed by atoms with Crippen molar-refractivity contribution in [1.29, 1.82) is 0 Å². The molecule has 0 saturated carbocycles. The molecule has 7 nitrogen and oxygen atoms in total. The zero-order valence-electron chi connectivity index (χ0n) is 14.9. The van der Waals surface area contributed by atoms with E-state index in [1.165, 1.54) is 30.3 Å². The van der Waals surface area contributed by atoms with Crippen molar-refractivity contribution in [2.45, 2.75) is 17.1 Å². The molecule has 156 valence electrons. The molecule has 0 bridgehead atoms. The van der Waals surface area contributed by atoms with Crippen molar-refractivity contribution in [3.05, 3.63) is 71.3 Å². The summed E-state index contributed by atoms with van der Waals surface area (Å²) in [4.78, 5) is 12.6. The zero-order valence-corrected chi connectivity index (χ0v) is 15.7. The minimum atomic E-state index is -5.04. The van der Waals surface area contributed by atoms with Gasteiger partial charge >= 0.3 is 6.18 Å². The van der Waals surface area contributed by atoms with Crippen molar-refractivity contribution >= 4 is 15.7 Å². The number of aromatic nitrogens is 3. The third kappa shape index (κ3) is 3.43. The predicted octanol–water partition coefficient (Wildman–Crippen LogP) is 2.68. The summed E-state index contributed by atoms with van der Waals surface area (Å²) >= 11 is 0. The molecule has 3 aromatic rings. The lowest BCUT2D eigenvalue weighted by Gasteiger charge is -2.14. The Balaban J connectivity index is 1.72. The van der Waals surface area contributed by atoms with Crippen molar-refractivity contribution in [2.24, 2.45) is 0 Å². The molecule has 1 amide bonds. The number of halogens is 4. The highest BCUT2D eigenvalue weighted by Crippen LogP contribution is 2.35. The number of amides is 1. The van der Waals surface area contributed by atoms with E-state index >= 15 is 0 Å². The second-order valence-corrected chi connectivity index (χ2v) is 8.52. The summed E-state index contributed by atoms with van der Waals surface area (Å²) in [6, 6.07) is 9.06. The van der Waals surface area contributed by atoms with E-state index < -0.39 is 50.9 Å². The Kier molecular flexibility index (Phi) is 4.60. The van der Waals surface area contributed by atoms with Crippen LogP contribution >= 0.6 is 0 Å². The van der Waals surface area contributed by atoms with Crippen LogP contribution in [0.2, 0.25) is 0 Å². The Labute approximate surface area is 167 Å². The monoisotopic (exact) mass is 440 g/mol. The van der Waals surface area contributed by atoms with Crippen LogP contribution in [0.25, 0.3) is 5.69 Å². The number of hydrogen-bond acceptors (Lipinski definition) is 5. The highest BCUT2D eigenvalue weighted by molar-refractivity contribution is 7.91. The van der Waals surface area contributed by atoms with Crippen LogP contribution in [-0.2, 0) is 16.0 Å². The van der Waals surface area contributed by atoms with Gasteiger partial charge in [0.1, 0.15) is 5.82 Å². The first kappa shape index (κ1) is 20.0. The highest BCUT2D eigenvalue weighted by atomic mass is 32.2.